The van der Waals surface area contributed by atoms with Crippen LogP contribution in [0.15, 0.2) is 33.9 Å². The van der Waals surface area contributed by atoms with Gasteiger partial charge in [-0.15, -0.1) is 10.2 Å². The minimum absolute atomic E-state index is 0.0463. The zero-order valence-corrected chi connectivity index (χ0v) is 17.6. The first-order chi connectivity index (χ1) is 13.8. The Bertz CT molecular complexity index is 869. The third-order valence-electron chi connectivity index (χ3n) is 5.27. The number of non-ortho nitro benzene ring substituents is 1. The van der Waals surface area contributed by atoms with Gasteiger partial charge < -0.3 is 9.15 Å². The molecule has 1 aromatic carbocycles. The van der Waals surface area contributed by atoms with Crippen LogP contribution in [0.2, 0.25) is 0 Å². The molecule has 0 radical (unpaired) electrons. The Hall–Kier alpha value is -2.42. The molecule has 1 aliphatic carbocycles. The van der Waals surface area contributed by atoms with Crippen molar-refractivity contribution in [3.05, 3.63) is 34.4 Å². The summed E-state index contributed by atoms with van der Waals surface area (Å²) in [6, 6.07) is 5.96. The molecule has 0 amide bonds. The molecule has 29 heavy (non-hydrogen) atoms. The molecule has 0 saturated heterocycles. The van der Waals surface area contributed by atoms with E-state index in [4.69, 9.17) is 9.15 Å². The van der Waals surface area contributed by atoms with E-state index in [9.17, 15) is 14.9 Å². The lowest BCUT2D eigenvalue weighted by Gasteiger charge is -2.36. The first-order valence-electron chi connectivity index (χ1n) is 9.74. The zero-order valence-electron chi connectivity index (χ0n) is 16.7. The highest BCUT2D eigenvalue weighted by molar-refractivity contribution is 7.99. The van der Waals surface area contributed by atoms with Crippen LogP contribution in [0.3, 0.4) is 0 Å². The number of nitro benzene ring substituents is 1. The number of carbonyl (C=O) groups is 1. The lowest BCUT2D eigenvalue weighted by atomic mass is 9.75. The number of thioether (sulfide) groups is 1. The van der Waals surface area contributed by atoms with Gasteiger partial charge in [0.15, 0.2) is 0 Å². The largest absolute Gasteiger partial charge is 0.461 e. The summed E-state index contributed by atoms with van der Waals surface area (Å²) in [7, 11) is 0. The summed E-state index contributed by atoms with van der Waals surface area (Å²) in [4.78, 5) is 22.8. The lowest BCUT2D eigenvalue weighted by Crippen LogP contribution is -2.36. The number of nitrogens with zero attached hydrogens (tertiary/aromatic N) is 3. The Morgan fingerprint density at radius 1 is 1.38 bits per heavy atom. The van der Waals surface area contributed by atoms with Crippen molar-refractivity contribution >= 4 is 23.4 Å². The van der Waals surface area contributed by atoms with E-state index in [-0.39, 0.29) is 34.6 Å². The summed E-state index contributed by atoms with van der Waals surface area (Å²) in [6.45, 7) is 6.54. The van der Waals surface area contributed by atoms with E-state index < -0.39 is 4.92 Å². The van der Waals surface area contributed by atoms with Crippen LogP contribution in [-0.2, 0) is 9.53 Å². The van der Waals surface area contributed by atoms with Crippen LogP contribution >= 0.6 is 11.8 Å². The molecule has 3 atom stereocenters. The molecule has 1 heterocycles. The van der Waals surface area contributed by atoms with Gasteiger partial charge in [-0.25, -0.2) is 0 Å². The molecule has 0 aliphatic heterocycles. The van der Waals surface area contributed by atoms with Gasteiger partial charge in [0.25, 0.3) is 10.9 Å². The highest BCUT2D eigenvalue weighted by Crippen LogP contribution is 2.35. The fourth-order valence-electron chi connectivity index (χ4n) is 3.71. The minimum Gasteiger partial charge on any atom is -0.461 e. The molecule has 1 saturated carbocycles. The summed E-state index contributed by atoms with van der Waals surface area (Å²) in [5, 5.41) is 18.9. The summed E-state index contributed by atoms with van der Waals surface area (Å²) in [5.41, 5.74) is 0.400. The Morgan fingerprint density at radius 2 is 2.17 bits per heavy atom. The predicted octanol–water partition coefficient (Wildman–Crippen LogP) is 4.74. The van der Waals surface area contributed by atoms with Gasteiger partial charge in [0.2, 0.25) is 5.89 Å². The Balaban J connectivity index is 1.57. The zero-order chi connectivity index (χ0) is 21.0. The molecule has 0 spiro atoms. The number of hydrogen-bond donors (Lipinski definition) is 0. The molecular weight excluding hydrogens is 394 g/mol. The van der Waals surface area contributed by atoms with Crippen LogP contribution in [0.4, 0.5) is 5.69 Å². The molecule has 1 aromatic heterocycles. The normalized spacial score (nSPS) is 21.9. The smallest absolute Gasteiger partial charge is 0.316 e. The second kappa shape index (κ2) is 9.39. The molecule has 0 unspecified atom stereocenters. The van der Waals surface area contributed by atoms with Gasteiger partial charge in [0.1, 0.15) is 11.9 Å². The maximum absolute atomic E-state index is 12.3. The second-order valence-electron chi connectivity index (χ2n) is 7.82. The van der Waals surface area contributed by atoms with Crippen molar-refractivity contribution in [2.45, 2.75) is 51.4 Å². The number of hydrogen-bond acceptors (Lipinski definition) is 8. The van der Waals surface area contributed by atoms with Gasteiger partial charge in [-0.1, -0.05) is 45.0 Å². The quantitative estimate of drug-likeness (QED) is 0.274. The monoisotopic (exact) mass is 419 g/mol. The third-order valence-corrected chi connectivity index (χ3v) is 6.06. The predicted molar refractivity (Wildman–Crippen MR) is 108 cm³/mol. The van der Waals surface area contributed by atoms with Gasteiger partial charge in [-0.3, -0.25) is 14.9 Å². The summed E-state index contributed by atoms with van der Waals surface area (Å²) in [6.07, 6.45) is 3.11. The molecular formula is C20H25N3O5S. The minimum atomic E-state index is -0.484. The highest BCUT2D eigenvalue weighted by Gasteiger charge is 2.33. The summed E-state index contributed by atoms with van der Waals surface area (Å²) >= 11 is 1.10. The van der Waals surface area contributed by atoms with Crippen molar-refractivity contribution in [3.8, 4) is 11.5 Å². The molecule has 1 aliphatic rings. The molecule has 2 aromatic rings. The molecule has 8 nitrogen and oxygen atoms in total. The molecule has 1 fully saturated rings. The van der Waals surface area contributed by atoms with E-state index in [1.165, 1.54) is 18.6 Å². The van der Waals surface area contributed by atoms with Gasteiger partial charge >= 0.3 is 5.97 Å². The van der Waals surface area contributed by atoms with E-state index in [0.29, 0.717) is 23.3 Å². The van der Waals surface area contributed by atoms with Crippen LogP contribution < -0.4 is 0 Å². The maximum Gasteiger partial charge on any atom is 0.316 e. The van der Waals surface area contributed by atoms with Gasteiger partial charge in [0, 0.05) is 17.7 Å². The molecule has 3 rings (SSSR count). The molecule has 9 heteroatoms. The number of nitro groups is 1. The average molecular weight is 420 g/mol. The first kappa shape index (κ1) is 21.3. The SMILES string of the molecule is CC(C)[C@@H]1CC[C@@H](C)C[C@H]1OC(=O)CSc1nnc(-c2cccc([N+](=O)[O-])c2)o1. The van der Waals surface area contributed by atoms with Gasteiger partial charge in [0.05, 0.1) is 4.92 Å². The molecule has 156 valence electrons. The lowest BCUT2D eigenvalue weighted by molar-refractivity contribution is -0.384. The summed E-state index contributed by atoms with van der Waals surface area (Å²) < 4.78 is 11.3. The maximum atomic E-state index is 12.3. The van der Waals surface area contributed by atoms with Crippen LogP contribution in [0, 0.1) is 27.9 Å². The number of esters is 1. The van der Waals surface area contributed by atoms with Gasteiger partial charge in [-0.2, -0.15) is 0 Å². The van der Waals surface area contributed by atoms with Crippen LogP contribution in [0.25, 0.3) is 11.5 Å². The summed E-state index contributed by atoms with van der Waals surface area (Å²) in [5.74, 6) is 1.38. The Labute approximate surface area is 173 Å². The van der Waals surface area contributed by atoms with Crippen molar-refractivity contribution in [2.24, 2.45) is 17.8 Å². The van der Waals surface area contributed by atoms with Crippen molar-refractivity contribution in [3.63, 3.8) is 0 Å². The van der Waals surface area contributed by atoms with E-state index >= 15 is 0 Å². The molecule has 0 N–H and O–H groups in total. The fraction of sp³-hybridized carbons (Fsp3) is 0.550. The van der Waals surface area contributed by atoms with Crippen molar-refractivity contribution in [1.29, 1.82) is 0 Å². The number of benzene rings is 1. The van der Waals surface area contributed by atoms with E-state index in [0.717, 1.165) is 24.6 Å². The number of aromatic nitrogens is 2. The number of carbonyl (C=O) groups excluding carboxylic acids is 1. The Morgan fingerprint density at radius 3 is 2.90 bits per heavy atom. The number of ether oxygens (including phenoxy) is 1. The third kappa shape index (κ3) is 5.56. The standard InChI is InChI=1S/C20H25N3O5S/c1-12(2)16-8-7-13(3)9-17(16)27-18(24)11-29-20-22-21-19(28-20)14-5-4-6-15(10-14)23(25)26/h4-6,10,12-13,16-17H,7-9,11H2,1-3H3/t13-,16+,17-/m1/s1. The van der Waals surface area contributed by atoms with Crippen LogP contribution in [-0.4, -0.2) is 32.9 Å². The van der Waals surface area contributed by atoms with Crippen molar-refractivity contribution < 1.29 is 18.9 Å². The van der Waals surface area contributed by atoms with Crippen LogP contribution in [0.5, 0.6) is 0 Å². The van der Waals surface area contributed by atoms with E-state index in [1.807, 2.05) is 0 Å². The topological polar surface area (TPSA) is 108 Å². The van der Waals surface area contributed by atoms with Crippen LogP contribution in [0.1, 0.15) is 40.0 Å². The highest BCUT2D eigenvalue weighted by atomic mass is 32.2. The van der Waals surface area contributed by atoms with E-state index in [1.54, 1.807) is 12.1 Å². The molecule has 0 bridgehead atoms. The number of rotatable bonds is 7. The second-order valence-corrected chi connectivity index (χ2v) is 8.75. The van der Waals surface area contributed by atoms with Crippen molar-refractivity contribution in [2.75, 3.05) is 5.75 Å². The average Bonchev–Trinajstić information content (AvgIpc) is 3.15. The van der Waals surface area contributed by atoms with Gasteiger partial charge in [-0.05, 0) is 36.7 Å². The van der Waals surface area contributed by atoms with E-state index in [2.05, 4.69) is 31.0 Å². The fourth-order valence-corrected chi connectivity index (χ4v) is 4.26. The van der Waals surface area contributed by atoms with Crippen molar-refractivity contribution in [1.82, 2.24) is 10.2 Å². The first-order valence-corrected chi connectivity index (χ1v) is 10.7. The Kier molecular flexibility index (Phi) is 6.89.